The molecule has 0 bridgehead atoms. The molecule has 0 fully saturated rings. The van der Waals surface area contributed by atoms with E-state index in [1.807, 2.05) is 0 Å². The number of Topliss-reactive ketones (excluding diaryl/α,β-unsaturated/α-hetero) is 1. The van der Waals surface area contributed by atoms with Gasteiger partial charge in [0.1, 0.15) is 5.78 Å². The number of nitrogens with zero attached hydrogens (tertiary/aromatic N) is 1. The van der Waals surface area contributed by atoms with Crippen LogP contribution in [0.25, 0.3) is 0 Å². The van der Waals surface area contributed by atoms with Gasteiger partial charge in [0.25, 0.3) is 0 Å². The molecule has 6 nitrogen and oxygen atoms in total. The molecular formula is C16H23NO5. The van der Waals surface area contributed by atoms with Crippen LogP contribution < -0.4 is 0 Å². The Bertz CT molecular complexity index is 497. The zero-order valence-corrected chi connectivity index (χ0v) is 13.4. The Balaban J connectivity index is 2.82. The molecule has 0 atom stereocenters. The second-order valence-electron chi connectivity index (χ2n) is 4.92. The van der Waals surface area contributed by atoms with E-state index >= 15 is 0 Å². The number of aromatic nitrogens is 1. The van der Waals surface area contributed by atoms with E-state index in [2.05, 4.69) is 0 Å². The summed E-state index contributed by atoms with van der Waals surface area (Å²) in [7, 11) is 0. The van der Waals surface area contributed by atoms with Gasteiger partial charge in [-0.3, -0.25) is 0 Å². The monoisotopic (exact) mass is 309 g/mol. The first-order chi connectivity index (χ1) is 10.5. The summed E-state index contributed by atoms with van der Waals surface area (Å²) in [5.74, 6) is -0.909. The van der Waals surface area contributed by atoms with Crippen molar-refractivity contribution in [1.29, 1.82) is 0 Å². The minimum atomic E-state index is -0.534. The molecule has 0 amide bonds. The summed E-state index contributed by atoms with van der Waals surface area (Å²) < 4.78 is 11.7. The molecule has 0 spiro atoms. The zero-order valence-electron chi connectivity index (χ0n) is 13.4. The summed E-state index contributed by atoms with van der Waals surface area (Å²) in [6.07, 6.45) is 5.29. The van der Waals surface area contributed by atoms with Crippen LogP contribution in [0.3, 0.4) is 0 Å². The van der Waals surface area contributed by atoms with Crippen molar-refractivity contribution in [1.82, 2.24) is 4.57 Å². The van der Waals surface area contributed by atoms with Crippen molar-refractivity contribution in [3.63, 3.8) is 0 Å². The Kier molecular flexibility index (Phi) is 7.36. The molecule has 22 heavy (non-hydrogen) atoms. The number of ether oxygens (including phenoxy) is 2. The van der Waals surface area contributed by atoms with E-state index in [1.165, 1.54) is 0 Å². The highest BCUT2D eigenvalue weighted by atomic mass is 16.5. The number of carbonyl (C=O) groups is 3. The fourth-order valence-corrected chi connectivity index (χ4v) is 2.05. The van der Waals surface area contributed by atoms with Gasteiger partial charge in [-0.25, -0.2) is 9.59 Å². The summed E-state index contributed by atoms with van der Waals surface area (Å²) in [6.45, 7) is 6.09. The van der Waals surface area contributed by atoms with Crippen molar-refractivity contribution in [2.45, 2.75) is 46.6 Å². The lowest BCUT2D eigenvalue weighted by Gasteiger charge is -2.02. The lowest BCUT2D eigenvalue weighted by Crippen LogP contribution is -2.11. The zero-order chi connectivity index (χ0) is 16.5. The van der Waals surface area contributed by atoms with Gasteiger partial charge in [-0.2, -0.15) is 0 Å². The van der Waals surface area contributed by atoms with E-state index in [-0.39, 0.29) is 30.1 Å². The molecular weight excluding hydrogens is 286 g/mol. The van der Waals surface area contributed by atoms with Gasteiger partial charge in [0, 0.05) is 25.4 Å². The Labute approximate surface area is 130 Å². The van der Waals surface area contributed by atoms with Gasteiger partial charge in [0.15, 0.2) is 0 Å². The smallest absolute Gasteiger partial charge is 0.340 e. The van der Waals surface area contributed by atoms with Crippen molar-refractivity contribution in [3.05, 3.63) is 23.5 Å². The van der Waals surface area contributed by atoms with Gasteiger partial charge >= 0.3 is 11.9 Å². The Morgan fingerprint density at radius 1 is 0.955 bits per heavy atom. The molecule has 1 aromatic heterocycles. The van der Waals surface area contributed by atoms with Gasteiger partial charge in [-0.15, -0.1) is 0 Å². The van der Waals surface area contributed by atoms with E-state index in [0.29, 0.717) is 13.0 Å². The first-order valence-corrected chi connectivity index (χ1v) is 7.53. The Morgan fingerprint density at radius 3 is 1.86 bits per heavy atom. The van der Waals surface area contributed by atoms with Crippen molar-refractivity contribution >= 4 is 17.7 Å². The van der Waals surface area contributed by atoms with Gasteiger partial charge in [0.2, 0.25) is 0 Å². The van der Waals surface area contributed by atoms with Crippen molar-refractivity contribution in [2.75, 3.05) is 13.2 Å². The predicted octanol–water partition coefficient (Wildman–Crippen LogP) is 2.60. The number of esters is 2. The normalized spacial score (nSPS) is 10.3. The van der Waals surface area contributed by atoms with Gasteiger partial charge in [0.05, 0.1) is 24.3 Å². The molecule has 0 radical (unpaired) electrons. The Hall–Kier alpha value is -2.11. The van der Waals surface area contributed by atoms with Gasteiger partial charge < -0.3 is 18.8 Å². The van der Waals surface area contributed by atoms with Crippen molar-refractivity contribution < 1.29 is 23.9 Å². The minimum absolute atomic E-state index is 0.159. The van der Waals surface area contributed by atoms with Crippen LogP contribution in [0.4, 0.5) is 0 Å². The summed E-state index contributed by atoms with van der Waals surface area (Å²) in [6, 6.07) is 0. The summed E-state index contributed by atoms with van der Waals surface area (Å²) in [5, 5.41) is 0. The number of rotatable bonds is 9. The minimum Gasteiger partial charge on any atom is -0.462 e. The molecule has 6 heteroatoms. The van der Waals surface area contributed by atoms with Crippen LogP contribution >= 0.6 is 0 Å². The second-order valence-corrected chi connectivity index (χ2v) is 4.92. The molecule has 0 unspecified atom stereocenters. The molecule has 0 N–H and O–H groups in total. The molecule has 0 aliphatic carbocycles. The number of hydrogen-bond acceptors (Lipinski definition) is 5. The standard InChI is InChI=1S/C16H23NO5/c1-4-21-15(19)13-10-17(9-7-6-8-12(3)18)11-14(13)16(20)22-5-2/h10-11H,4-9H2,1-3H3. The van der Waals surface area contributed by atoms with E-state index < -0.39 is 11.9 Å². The maximum atomic E-state index is 11.9. The first kappa shape index (κ1) is 17.9. The van der Waals surface area contributed by atoms with Crippen LogP contribution in [0.2, 0.25) is 0 Å². The fourth-order valence-electron chi connectivity index (χ4n) is 2.05. The van der Waals surface area contributed by atoms with Crippen LogP contribution in [0.1, 0.15) is 60.7 Å². The molecule has 1 heterocycles. The van der Waals surface area contributed by atoms with Crippen LogP contribution in [-0.4, -0.2) is 35.5 Å². The maximum absolute atomic E-state index is 11.9. The highest BCUT2D eigenvalue weighted by Crippen LogP contribution is 2.15. The van der Waals surface area contributed by atoms with E-state index in [4.69, 9.17) is 9.47 Å². The third kappa shape index (κ3) is 5.35. The van der Waals surface area contributed by atoms with E-state index in [9.17, 15) is 14.4 Å². The van der Waals surface area contributed by atoms with E-state index in [1.54, 1.807) is 37.7 Å². The number of aryl methyl sites for hydroxylation is 1. The molecule has 122 valence electrons. The highest BCUT2D eigenvalue weighted by molar-refractivity contribution is 6.03. The molecule has 1 aromatic rings. The maximum Gasteiger partial charge on any atom is 0.340 e. The number of unbranched alkanes of at least 4 members (excludes halogenated alkanes) is 1. The molecule has 0 saturated heterocycles. The number of carbonyl (C=O) groups excluding carboxylic acids is 3. The predicted molar refractivity (Wildman–Crippen MR) is 80.9 cm³/mol. The largest absolute Gasteiger partial charge is 0.462 e. The summed E-state index contributed by atoms with van der Waals surface area (Å²) in [4.78, 5) is 34.7. The lowest BCUT2D eigenvalue weighted by molar-refractivity contribution is -0.117. The average molecular weight is 309 g/mol. The first-order valence-electron chi connectivity index (χ1n) is 7.53. The lowest BCUT2D eigenvalue weighted by atomic mass is 10.2. The van der Waals surface area contributed by atoms with Crippen molar-refractivity contribution in [3.8, 4) is 0 Å². The van der Waals surface area contributed by atoms with Crippen LogP contribution in [0, 0.1) is 0 Å². The van der Waals surface area contributed by atoms with E-state index in [0.717, 1.165) is 12.8 Å². The second kappa shape index (κ2) is 9.02. The highest BCUT2D eigenvalue weighted by Gasteiger charge is 2.21. The van der Waals surface area contributed by atoms with Gasteiger partial charge in [-0.1, -0.05) is 0 Å². The third-order valence-electron chi connectivity index (χ3n) is 3.07. The number of hydrogen-bond donors (Lipinski definition) is 0. The fraction of sp³-hybridized carbons (Fsp3) is 0.562. The van der Waals surface area contributed by atoms with Crippen LogP contribution in [0.5, 0.6) is 0 Å². The van der Waals surface area contributed by atoms with Crippen LogP contribution in [0.15, 0.2) is 12.4 Å². The third-order valence-corrected chi connectivity index (χ3v) is 3.07. The Morgan fingerprint density at radius 2 is 1.45 bits per heavy atom. The molecule has 0 saturated carbocycles. The SMILES string of the molecule is CCOC(=O)c1cn(CCCCC(C)=O)cc1C(=O)OCC. The average Bonchev–Trinajstić information content (AvgIpc) is 2.88. The van der Waals surface area contributed by atoms with Crippen LogP contribution in [-0.2, 0) is 20.8 Å². The summed E-state index contributed by atoms with van der Waals surface area (Å²) in [5.41, 5.74) is 0.429. The van der Waals surface area contributed by atoms with Crippen molar-refractivity contribution in [2.24, 2.45) is 0 Å². The topological polar surface area (TPSA) is 74.6 Å². The number of ketones is 1. The van der Waals surface area contributed by atoms with Gasteiger partial charge in [-0.05, 0) is 33.6 Å². The molecule has 0 aliphatic rings. The quantitative estimate of drug-likeness (QED) is 0.518. The summed E-state index contributed by atoms with van der Waals surface area (Å²) >= 11 is 0. The molecule has 1 rings (SSSR count). The molecule has 0 aliphatic heterocycles. The molecule has 0 aromatic carbocycles.